The van der Waals surface area contributed by atoms with Gasteiger partial charge < -0.3 is 4.90 Å². The largest absolute Gasteiger partial charge is 0.374 e. The number of nitro benzene ring substituents is 1. The van der Waals surface area contributed by atoms with E-state index in [9.17, 15) is 10.1 Å². The highest BCUT2D eigenvalue weighted by Gasteiger charge is 2.12. The molecule has 0 atom stereocenters. The number of non-ortho nitro benzene ring substituents is 1. The van der Waals surface area contributed by atoms with Crippen LogP contribution in [0.2, 0.25) is 0 Å². The molecule has 0 aliphatic carbocycles. The van der Waals surface area contributed by atoms with Gasteiger partial charge in [0.15, 0.2) is 0 Å². The second-order valence-corrected chi connectivity index (χ2v) is 4.20. The van der Waals surface area contributed by atoms with Crippen LogP contribution in [0.15, 0.2) is 18.2 Å². The number of hydrogen-bond acceptors (Lipinski definition) is 4. The molecule has 0 aliphatic heterocycles. The van der Waals surface area contributed by atoms with Crippen LogP contribution in [-0.4, -0.2) is 18.5 Å². The van der Waals surface area contributed by atoms with Crippen LogP contribution >= 0.6 is 0 Å². The van der Waals surface area contributed by atoms with Crippen molar-refractivity contribution in [2.75, 3.05) is 18.5 Å². The highest BCUT2D eigenvalue weighted by Crippen LogP contribution is 2.24. The van der Waals surface area contributed by atoms with E-state index in [0.29, 0.717) is 5.56 Å². The average Bonchev–Trinajstić information content (AvgIpc) is 2.38. The Morgan fingerprint density at radius 3 is 2.72 bits per heavy atom. The minimum Gasteiger partial charge on any atom is -0.374 e. The standard InChI is InChI=1S/C13H17N3O2/c1-3-4-5-8-15(2)13-7-6-12(16(17)18)9-11(13)10-14/h6-7,9H,3-5,8H2,1-2H3. The van der Waals surface area contributed by atoms with E-state index in [0.717, 1.165) is 31.5 Å². The van der Waals surface area contributed by atoms with Gasteiger partial charge in [0, 0.05) is 25.7 Å². The summed E-state index contributed by atoms with van der Waals surface area (Å²) in [6.07, 6.45) is 3.33. The Kier molecular flexibility index (Phi) is 5.12. The molecule has 0 aromatic heterocycles. The van der Waals surface area contributed by atoms with Crippen LogP contribution in [0.3, 0.4) is 0 Å². The summed E-state index contributed by atoms with van der Waals surface area (Å²) in [7, 11) is 1.90. The summed E-state index contributed by atoms with van der Waals surface area (Å²) in [5, 5.41) is 19.7. The Morgan fingerprint density at radius 2 is 2.17 bits per heavy atom. The predicted octanol–water partition coefficient (Wildman–Crippen LogP) is 3.09. The van der Waals surface area contributed by atoms with Crippen molar-refractivity contribution in [3.63, 3.8) is 0 Å². The first kappa shape index (κ1) is 14.0. The summed E-state index contributed by atoms with van der Waals surface area (Å²) in [6.45, 7) is 2.98. The number of anilines is 1. The quantitative estimate of drug-likeness (QED) is 0.440. The Balaban J connectivity index is 2.88. The molecule has 5 heteroatoms. The maximum atomic E-state index is 10.6. The number of nitro groups is 1. The van der Waals surface area contributed by atoms with Crippen molar-refractivity contribution in [3.8, 4) is 6.07 Å². The second-order valence-electron chi connectivity index (χ2n) is 4.20. The Labute approximate surface area is 107 Å². The summed E-state index contributed by atoms with van der Waals surface area (Å²) in [5.74, 6) is 0. The molecule has 18 heavy (non-hydrogen) atoms. The molecular formula is C13H17N3O2. The molecule has 1 aromatic rings. The van der Waals surface area contributed by atoms with Crippen LogP contribution in [0.4, 0.5) is 11.4 Å². The molecule has 0 amide bonds. The van der Waals surface area contributed by atoms with Crippen LogP contribution < -0.4 is 4.90 Å². The molecule has 0 spiro atoms. The van der Waals surface area contributed by atoms with Crippen molar-refractivity contribution in [2.45, 2.75) is 26.2 Å². The molecule has 0 unspecified atom stereocenters. The molecule has 0 N–H and O–H groups in total. The summed E-state index contributed by atoms with van der Waals surface area (Å²) in [4.78, 5) is 12.1. The summed E-state index contributed by atoms with van der Waals surface area (Å²) >= 11 is 0. The third kappa shape index (κ3) is 3.45. The smallest absolute Gasteiger partial charge is 0.270 e. The van der Waals surface area contributed by atoms with Gasteiger partial charge in [0.1, 0.15) is 6.07 Å². The zero-order valence-electron chi connectivity index (χ0n) is 10.7. The van der Waals surface area contributed by atoms with E-state index in [2.05, 4.69) is 6.92 Å². The summed E-state index contributed by atoms with van der Waals surface area (Å²) in [6, 6.07) is 6.42. The van der Waals surface area contributed by atoms with Gasteiger partial charge in [0.25, 0.3) is 5.69 Å². The second kappa shape index (κ2) is 6.60. The molecule has 0 saturated carbocycles. The maximum Gasteiger partial charge on any atom is 0.270 e. The van der Waals surface area contributed by atoms with Gasteiger partial charge in [-0.05, 0) is 12.5 Å². The summed E-state index contributed by atoms with van der Waals surface area (Å²) in [5.41, 5.74) is 1.06. The number of benzene rings is 1. The molecule has 5 nitrogen and oxygen atoms in total. The molecule has 0 aliphatic rings. The van der Waals surface area contributed by atoms with E-state index in [4.69, 9.17) is 5.26 Å². The lowest BCUT2D eigenvalue weighted by Gasteiger charge is -2.20. The van der Waals surface area contributed by atoms with Gasteiger partial charge in [-0.3, -0.25) is 10.1 Å². The fourth-order valence-electron chi connectivity index (χ4n) is 1.78. The molecule has 0 heterocycles. The van der Waals surface area contributed by atoms with Crippen LogP contribution in [0.5, 0.6) is 0 Å². The molecule has 0 radical (unpaired) electrons. The first-order valence-electron chi connectivity index (χ1n) is 5.99. The fraction of sp³-hybridized carbons (Fsp3) is 0.462. The zero-order chi connectivity index (χ0) is 13.5. The summed E-state index contributed by atoms with van der Waals surface area (Å²) < 4.78 is 0. The van der Waals surface area contributed by atoms with Crippen molar-refractivity contribution in [3.05, 3.63) is 33.9 Å². The van der Waals surface area contributed by atoms with E-state index in [1.807, 2.05) is 18.0 Å². The number of hydrogen-bond donors (Lipinski definition) is 0. The first-order valence-corrected chi connectivity index (χ1v) is 5.99. The lowest BCUT2D eigenvalue weighted by atomic mass is 10.1. The Morgan fingerprint density at radius 1 is 1.44 bits per heavy atom. The van der Waals surface area contributed by atoms with E-state index < -0.39 is 4.92 Å². The number of nitrogens with zero attached hydrogens (tertiary/aromatic N) is 3. The topological polar surface area (TPSA) is 70.2 Å². The highest BCUT2D eigenvalue weighted by atomic mass is 16.6. The van der Waals surface area contributed by atoms with Gasteiger partial charge in [-0.15, -0.1) is 0 Å². The first-order chi connectivity index (χ1) is 8.60. The lowest BCUT2D eigenvalue weighted by molar-refractivity contribution is -0.384. The Hall–Kier alpha value is -2.09. The third-order valence-corrected chi connectivity index (χ3v) is 2.82. The average molecular weight is 247 g/mol. The molecule has 96 valence electrons. The molecule has 1 aromatic carbocycles. The van der Waals surface area contributed by atoms with Crippen LogP contribution in [0.1, 0.15) is 31.7 Å². The van der Waals surface area contributed by atoms with Gasteiger partial charge in [0.05, 0.1) is 16.2 Å². The highest BCUT2D eigenvalue weighted by molar-refractivity contribution is 5.62. The number of nitriles is 1. The van der Waals surface area contributed by atoms with E-state index in [1.165, 1.54) is 12.1 Å². The van der Waals surface area contributed by atoms with Gasteiger partial charge in [0.2, 0.25) is 0 Å². The number of unbranched alkanes of at least 4 members (excludes halogenated alkanes) is 2. The lowest BCUT2D eigenvalue weighted by Crippen LogP contribution is -2.19. The Bertz CT molecular complexity index is 466. The van der Waals surface area contributed by atoms with Crippen molar-refractivity contribution in [1.82, 2.24) is 0 Å². The normalized spacial score (nSPS) is 9.83. The van der Waals surface area contributed by atoms with Gasteiger partial charge >= 0.3 is 0 Å². The van der Waals surface area contributed by atoms with Crippen molar-refractivity contribution in [2.24, 2.45) is 0 Å². The van der Waals surface area contributed by atoms with Crippen molar-refractivity contribution < 1.29 is 4.92 Å². The number of rotatable bonds is 6. The van der Waals surface area contributed by atoms with E-state index >= 15 is 0 Å². The molecule has 0 fully saturated rings. The van der Waals surface area contributed by atoms with Gasteiger partial charge in [-0.25, -0.2) is 0 Å². The molecule has 0 saturated heterocycles. The van der Waals surface area contributed by atoms with Crippen molar-refractivity contribution >= 4 is 11.4 Å². The minimum absolute atomic E-state index is 0.0442. The minimum atomic E-state index is -0.484. The van der Waals surface area contributed by atoms with Gasteiger partial charge in [-0.2, -0.15) is 5.26 Å². The van der Waals surface area contributed by atoms with Crippen LogP contribution in [0.25, 0.3) is 0 Å². The third-order valence-electron chi connectivity index (χ3n) is 2.82. The SMILES string of the molecule is CCCCCN(C)c1ccc([N+](=O)[O-])cc1C#N. The van der Waals surface area contributed by atoms with Gasteiger partial charge in [-0.1, -0.05) is 19.8 Å². The monoisotopic (exact) mass is 247 g/mol. The van der Waals surface area contributed by atoms with Crippen LogP contribution in [0, 0.1) is 21.4 Å². The van der Waals surface area contributed by atoms with E-state index in [-0.39, 0.29) is 5.69 Å². The molecule has 1 rings (SSSR count). The van der Waals surface area contributed by atoms with Crippen LogP contribution in [-0.2, 0) is 0 Å². The zero-order valence-corrected chi connectivity index (χ0v) is 10.7. The fourth-order valence-corrected chi connectivity index (χ4v) is 1.78. The molecular weight excluding hydrogens is 230 g/mol. The van der Waals surface area contributed by atoms with E-state index in [1.54, 1.807) is 6.07 Å². The maximum absolute atomic E-state index is 10.6. The molecule has 0 bridgehead atoms. The van der Waals surface area contributed by atoms with Crippen molar-refractivity contribution in [1.29, 1.82) is 5.26 Å². The predicted molar refractivity (Wildman–Crippen MR) is 70.6 cm³/mol.